The SMILES string of the molecule is CSc1nc(C)cn(C(C)C)c1=N. The summed E-state index contributed by atoms with van der Waals surface area (Å²) in [5.74, 6) is 0. The van der Waals surface area contributed by atoms with E-state index >= 15 is 0 Å². The number of aryl methyl sites for hydroxylation is 1. The van der Waals surface area contributed by atoms with Gasteiger partial charge in [-0.3, -0.25) is 5.41 Å². The third kappa shape index (κ3) is 2.12. The lowest BCUT2D eigenvalue weighted by Crippen LogP contribution is -2.24. The molecule has 72 valence electrons. The molecule has 0 atom stereocenters. The van der Waals surface area contributed by atoms with Crippen molar-refractivity contribution in [2.45, 2.75) is 31.8 Å². The molecule has 0 saturated heterocycles. The van der Waals surface area contributed by atoms with Gasteiger partial charge < -0.3 is 4.57 Å². The summed E-state index contributed by atoms with van der Waals surface area (Å²) in [5.41, 5.74) is 1.47. The van der Waals surface area contributed by atoms with Crippen molar-refractivity contribution in [1.29, 1.82) is 5.41 Å². The second-order valence-electron chi connectivity index (χ2n) is 3.24. The lowest BCUT2D eigenvalue weighted by atomic mass is 10.3. The number of nitrogens with one attached hydrogen (secondary N) is 1. The molecule has 0 amide bonds. The Labute approximate surface area is 82.7 Å². The van der Waals surface area contributed by atoms with Gasteiger partial charge in [-0.2, -0.15) is 0 Å². The van der Waals surface area contributed by atoms with E-state index in [4.69, 9.17) is 5.41 Å². The summed E-state index contributed by atoms with van der Waals surface area (Å²) in [5, 5.41) is 8.65. The Morgan fingerprint density at radius 3 is 2.62 bits per heavy atom. The van der Waals surface area contributed by atoms with Crippen LogP contribution in [0.3, 0.4) is 0 Å². The Bertz CT molecular complexity index is 354. The normalized spacial score (nSPS) is 10.8. The molecule has 0 spiro atoms. The molecular formula is C9H15N3S. The molecule has 13 heavy (non-hydrogen) atoms. The van der Waals surface area contributed by atoms with Gasteiger partial charge in [-0.25, -0.2) is 4.98 Å². The van der Waals surface area contributed by atoms with E-state index in [9.17, 15) is 0 Å². The number of hydrogen-bond acceptors (Lipinski definition) is 3. The number of rotatable bonds is 2. The first-order valence-corrected chi connectivity index (χ1v) is 5.47. The van der Waals surface area contributed by atoms with Crippen LogP contribution in [-0.2, 0) is 0 Å². The molecule has 4 heteroatoms. The largest absolute Gasteiger partial charge is 0.327 e. The van der Waals surface area contributed by atoms with Gasteiger partial charge in [0.05, 0.1) is 5.69 Å². The van der Waals surface area contributed by atoms with Crippen molar-refractivity contribution in [1.82, 2.24) is 9.55 Å². The topological polar surface area (TPSA) is 41.7 Å². The highest BCUT2D eigenvalue weighted by Gasteiger charge is 2.04. The Hall–Kier alpha value is -0.770. The average Bonchev–Trinajstić information content (AvgIpc) is 2.08. The second-order valence-corrected chi connectivity index (χ2v) is 4.04. The van der Waals surface area contributed by atoms with Crippen molar-refractivity contribution in [2.75, 3.05) is 6.26 Å². The fourth-order valence-corrected chi connectivity index (χ4v) is 1.70. The monoisotopic (exact) mass is 197 g/mol. The van der Waals surface area contributed by atoms with Crippen LogP contribution >= 0.6 is 11.8 Å². The van der Waals surface area contributed by atoms with Gasteiger partial charge in [-0.1, -0.05) is 0 Å². The number of nitrogens with zero attached hydrogens (tertiary/aromatic N) is 2. The van der Waals surface area contributed by atoms with E-state index in [1.807, 2.05) is 23.9 Å². The maximum atomic E-state index is 7.85. The maximum Gasteiger partial charge on any atom is 0.158 e. The van der Waals surface area contributed by atoms with E-state index < -0.39 is 0 Å². The van der Waals surface area contributed by atoms with Crippen LogP contribution in [0, 0.1) is 12.3 Å². The molecule has 1 N–H and O–H groups in total. The van der Waals surface area contributed by atoms with Gasteiger partial charge >= 0.3 is 0 Å². The minimum Gasteiger partial charge on any atom is -0.327 e. The first kappa shape index (κ1) is 10.3. The van der Waals surface area contributed by atoms with E-state index in [1.54, 1.807) is 0 Å². The van der Waals surface area contributed by atoms with E-state index in [0.717, 1.165) is 10.7 Å². The Morgan fingerprint density at radius 2 is 2.15 bits per heavy atom. The summed E-state index contributed by atoms with van der Waals surface area (Å²) in [6.07, 6.45) is 3.87. The van der Waals surface area contributed by atoms with Crippen LogP contribution in [-0.4, -0.2) is 15.8 Å². The first-order chi connectivity index (χ1) is 6.06. The molecule has 1 aromatic heterocycles. The zero-order chi connectivity index (χ0) is 10.0. The number of hydrogen-bond donors (Lipinski definition) is 1. The van der Waals surface area contributed by atoms with Gasteiger partial charge in [-0.05, 0) is 27.0 Å². The van der Waals surface area contributed by atoms with Gasteiger partial charge in [-0.15, -0.1) is 11.8 Å². The standard InChI is InChI=1S/C9H15N3S/c1-6(2)12-5-7(3)11-9(13-4)8(12)10/h5-6,10H,1-4H3. The highest BCUT2D eigenvalue weighted by Crippen LogP contribution is 2.08. The molecule has 0 aliphatic carbocycles. The Balaban J connectivity index is 3.36. The lowest BCUT2D eigenvalue weighted by Gasteiger charge is -2.13. The molecule has 0 saturated carbocycles. The Kier molecular flexibility index (Phi) is 3.14. The quantitative estimate of drug-likeness (QED) is 0.736. The van der Waals surface area contributed by atoms with Crippen LogP contribution in [0.1, 0.15) is 25.6 Å². The summed E-state index contributed by atoms with van der Waals surface area (Å²) in [6.45, 7) is 6.10. The van der Waals surface area contributed by atoms with E-state index in [1.165, 1.54) is 11.8 Å². The molecule has 1 aromatic rings. The number of aromatic nitrogens is 2. The zero-order valence-electron chi connectivity index (χ0n) is 8.46. The molecule has 0 aliphatic rings. The average molecular weight is 197 g/mol. The minimum absolute atomic E-state index is 0.320. The first-order valence-electron chi connectivity index (χ1n) is 4.24. The molecule has 1 rings (SSSR count). The fraction of sp³-hybridized carbons (Fsp3) is 0.556. The van der Waals surface area contributed by atoms with Crippen LogP contribution in [0.4, 0.5) is 0 Å². The summed E-state index contributed by atoms with van der Waals surface area (Å²) in [6, 6.07) is 0.320. The molecule has 0 unspecified atom stereocenters. The smallest absolute Gasteiger partial charge is 0.158 e. The van der Waals surface area contributed by atoms with Crippen LogP contribution in [0.5, 0.6) is 0 Å². The highest BCUT2D eigenvalue weighted by molar-refractivity contribution is 7.98. The van der Waals surface area contributed by atoms with E-state index in [2.05, 4.69) is 18.8 Å². The van der Waals surface area contributed by atoms with Crippen LogP contribution in [0.25, 0.3) is 0 Å². The van der Waals surface area contributed by atoms with Crippen LogP contribution in [0.2, 0.25) is 0 Å². The van der Waals surface area contributed by atoms with Crippen molar-refractivity contribution in [3.05, 3.63) is 17.4 Å². The van der Waals surface area contributed by atoms with Gasteiger partial charge in [0.25, 0.3) is 0 Å². The summed E-state index contributed by atoms with van der Waals surface area (Å²) < 4.78 is 1.94. The molecule has 0 bridgehead atoms. The Morgan fingerprint density at radius 1 is 1.54 bits per heavy atom. The van der Waals surface area contributed by atoms with Crippen molar-refractivity contribution in [3.63, 3.8) is 0 Å². The fourth-order valence-electron chi connectivity index (χ4n) is 1.17. The molecular weight excluding hydrogens is 182 g/mol. The molecule has 0 fully saturated rings. The van der Waals surface area contributed by atoms with Crippen molar-refractivity contribution in [2.24, 2.45) is 0 Å². The molecule has 0 radical (unpaired) electrons. The molecule has 1 heterocycles. The van der Waals surface area contributed by atoms with Crippen molar-refractivity contribution < 1.29 is 0 Å². The number of thioether (sulfide) groups is 1. The lowest BCUT2D eigenvalue weighted by molar-refractivity contribution is 0.542. The minimum atomic E-state index is 0.320. The maximum absolute atomic E-state index is 7.85. The van der Waals surface area contributed by atoms with E-state index in [-0.39, 0.29) is 0 Å². The second kappa shape index (κ2) is 3.96. The molecule has 0 aromatic carbocycles. The van der Waals surface area contributed by atoms with Crippen LogP contribution < -0.4 is 5.49 Å². The molecule has 0 aliphatic heterocycles. The zero-order valence-corrected chi connectivity index (χ0v) is 9.27. The van der Waals surface area contributed by atoms with Crippen molar-refractivity contribution in [3.8, 4) is 0 Å². The highest BCUT2D eigenvalue weighted by atomic mass is 32.2. The summed E-state index contributed by atoms with van der Waals surface area (Å²) >= 11 is 1.52. The predicted octanol–water partition coefficient (Wildman–Crippen LogP) is 1.97. The van der Waals surface area contributed by atoms with Crippen molar-refractivity contribution >= 4 is 11.8 Å². The van der Waals surface area contributed by atoms with E-state index in [0.29, 0.717) is 11.5 Å². The van der Waals surface area contributed by atoms with Gasteiger partial charge in [0.15, 0.2) is 5.49 Å². The third-order valence-electron chi connectivity index (χ3n) is 1.81. The van der Waals surface area contributed by atoms with Gasteiger partial charge in [0, 0.05) is 12.2 Å². The van der Waals surface area contributed by atoms with Gasteiger partial charge in [0.1, 0.15) is 5.03 Å². The predicted molar refractivity (Wildman–Crippen MR) is 55.0 cm³/mol. The summed E-state index contributed by atoms with van der Waals surface area (Å²) in [4.78, 5) is 4.29. The summed E-state index contributed by atoms with van der Waals surface area (Å²) in [7, 11) is 0. The molecule has 3 nitrogen and oxygen atoms in total. The van der Waals surface area contributed by atoms with Gasteiger partial charge in [0.2, 0.25) is 0 Å². The van der Waals surface area contributed by atoms with Crippen LogP contribution in [0.15, 0.2) is 11.2 Å². The third-order valence-corrected chi connectivity index (χ3v) is 2.49.